The Balaban J connectivity index is 1.40. The van der Waals surface area contributed by atoms with Gasteiger partial charge in [0, 0.05) is 25.7 Å². The average molecular weight is 338 g/mol. The Morgan fingerprint density at radius 3 is 2.52 bits per heavy atom. The molecule has 1 aliphatic carbocycles. The molecule has 0 spiro atoms. The van der Waals surface area contributed by atoms with Gasteiger partial charge in [-0.15, -0.1) is 0 Å². The van der Waals surface area contributed by atoms with E-state index in [1.165, 1.54) is 23.3 Å². The van der Waals surface area contributed by atoms with Crippen LogP contribution in [0.2, 0.25) is 0 Å². The Labute approximate surface area is 148 Å². The number of carbonyl (C=O) groups excluding carboxylic acids is 1. The van der Waals surface area contributed by atoms with Crippen LogP contribution in [0.5, 0.6) is 0 Å². The summed E-state index contributed by atoms with van der Waals surface area (Å²) in [5, 5.41) is 0. The highest BCUT2D eigenvalue weighted by molar-refractivity contribution is 5.78. The van der Waals surface area contributed by atoms with Gasteiger partial charge in [0.2, 0.25) is 5.91 Å². The standard InChI is InChI=1S/C21H23FN2O/c22-19-7-5-16(6-8-19)13-24(20-9-10-20)15-21(25)23-12-11-17-3-1-2-4-18(17)14-23/h1-8,20H,9-15H2. The Morgan fingerprint density at radius 1 is 1.08 bits per heavy atom. The molecule has 0 bridgehead atoms. The number of benzene rings is 2. The molecule has 1 fully saturated rings. The van der Waals surface area contributed by atoms with Crippen molar-refractivity contribution in [1.29, 1.82) is 0 Å². The number of nitrogens with zero attached hydrogens (tertiary/aromatic N) is 2. The summed E-state index contributed by atoms with van der Waals surface area (Å²) >= 11 is 0. The summed E-state index contributed by atoms with van der Waals surface area (Å²) in [5.74, 6) is -0.0201. The molecule has 0 N–H and O–H groups in total. The van der Waals surface area contributed by atoms with Gasteiger partial charge in [-0.25, -0.2) is 4.39 Å². The lowest BCUT2D eigenvalue weighted by Crippen LogP contribution is -2.43. The molecule has 0 saturated heterocycles. The molecule has 4 rings (SSSR count). The minimum absolute atomic E-state index is 0.198. The summed E-state index contributed by atoms with van der Waals surface area (Å²) in [6.07, 6.45) is 3.23. The van der Waals surface area contributed by atoms with E-state index in [9.17, 15) is 9.18 Å². The van der Waals surface area contributed by atoms with E-state index in [2.05, 4.69) is 23.1 Å². The van der Waals surface area contributed by atoms with Crippen LogP contribution in [-0.4, -0.2) is 34.8 Å². The number of fused-ring (bicyclic) bond motifs is 1. The van der Waals surface area contributed by atoms with Crippen LogP contribution in [0.25, 0.3) is 0 Å². The zero-order chi connectivity index (χ0) is 17.2. The van der Waals surface area contributed by atoms with Crippen molar-refractivity contribution in [3.63, 3.8) is 0 Å². The van der Waals surface area contributed by atoms with Gasteiger partial charge in [-0.05, 0) is 48.1 Å². The van der Waals surface area contributed by atoms with Crippen molar-refractivity contribution in [3.8, 4) is 0 Å². The first-order valence-electron chi connectivity index (χ1n) is 9.02. The Hall–Kier alpha value is -2.20. The molecular formula is C21H23FN2O. The highest BCUT2D eigenvalue weighted by atomic mass is 19.1. The molecule has 1 saturated carbocycles. The molecule has 0 aromatic heterocycles. The van der Waals surface area contributed by atoms with Crippen LogP contribution in [0.15, 0.2) is 48.5 Å². The minimum Gasteiger partial charge on any atom is -0.337 e. The molecule has 2 aromatic rings. The molecule has 0 atom stereocenters. The third-order valence-corrected chi connectivity index (χ3v) is 5.18. The molecule has 4 heteroatoms. The monoisotopic (exact) mass is 338 g/mol. The maximum atomic E-state index is 13.1. The molecular weight excluding hydrogens is 315 g/mol. The van der Waals surface area contributed by atoms with Crippen molar-refractivity contribution in [1.82, 2.24) is 9.80 Å². The second kappa shape index (κ2) is 6.96. The minimum atomic E-state index is -0.218. The maximum absolute atomic E-state index is 13.1. The number of carbonyl (C=O) groups is 1. The second-order valence-corrected chi connectivity index (χ2v) is 7.10. The fourth-order valence-corrected chi connectivity index (χ4v) is 3.56. The fraction of sp³-hybridized carbons (Fsp3) is 0.381. The highest BCUT2D eigenvalue weighted by Crippen LogP contribution is 2.28. The van der Waals surface area contributed by atoms with Gasteiger partial charge in [-0.1, -0.05) is 36.4 Å². The fourth-order valence-electron chi connectivity index (χ4n) is 3.56. The molecule has 0 radical (unpaired) electrons. The van der Waals surface area contributed by atoms with Crippen LogP contribution in [-0.2, 0) is 24.3 Å². The predicted molar refractivity (Wildman–Crippen MR) is 95.4 cm³/mol. The summed E-state index contributed by atoms with van der Waals surface area (Å²) in [6, 6.07) is 15.5. The van der Waals surface area contributed by atoms with Crippen molar-refractivity contribution in [2.45, 2.75) is 38.4 Å². The van der Waals surface area contributed by atoms with Crippen molar-refractivity contribution >= 4 is 5.91 Å². The zero-order valence-electron chi connectivity index (χ0n) is 14.3. The van der Waals surface area contributed by atoms with Crippen molar-refractivity contribution in [2.24, 2.45) is 0 Å². The van der Waals surface area contributed by atoms with Crippen molar-refractivity contribution in [2.75, 3.05) is 13.1 Å². The van der Waals surface area contributed by atoms with Gasteiger partial charge in [0.05, 0.1) is 6.54 Å². The average Bonchev–Trinajstić information content (AvgIpc) is 3.47. The van der Waals surface area contributed by atoms with Crippen LogP contribution in [0.4, 0.5) is 4.39 Å². The van der Waals surface area contributed by atoms with Crippen molar-refractivity contribution in [3.05, 3.63) is 71.0 Å². The molecule has 2 aliphatic rings. The van der Waals surface area contributed by atoms with E-state index in [1.54, 1.807) is 0 Å². The van der Waals surface area contributed by atoms with E-state index in [1.807, 2.05) is 23.1 Å². The number of amides is 1. The molecule has 1 heterocycles. The normalized spacial score (nSPS) is 16.8. The van der Waals surface area contributed by atoms with Gasteiger partial charge in [0.1, 0.15) is 5.82 Å². The van der Waals surface area contributed by atoms with Gasteiger partial charge >= 0.3 is 0 Å². The summed E-state index contributed by atoms with van der Waals surface area (Å²) in [7, 11) is 0. The highest BCUT2D eigenvalue weighted by Gasteiger charge is 2.32. The van der Waals surface area contributed by atoms with Gasteiger partial charge in [-0.2, -0.15) is 0 Å². The van der Waals surface area contributed by atoms with Crippen LogP contribution >= 0.6 is 0 Å². The number of hydrogen-bond acceptors (Lipinski definition) is 2. The summed E-state index contributed by atoms with van der Waals surface area (Å²) in [5.41, 5.74) is 3.68. The number of hydrogen-bond donors (Lipinski definition) is 0. The molecule has 2 aromatic carbocycles. The zero-order valence-corrected chi connectivity index (χ0v) is 14.3. The van der Waals surface area contributed by atoms with Crippen LogP contribution in [0.1, 0.15) is 29.5 Å². The van der Waals surface area contributed by atoms with E-state index in [0.29, 0.717) is 25.7 Å². The van der Waals surface area contributed by atoms with E-state index in [-0.39, 0.29) is 11.7 Å². The topological polar surface area (TPSA) is 23.6 Å². The summed E-state index contributed by atoms with van der Waals surface area (Å²) in [6.45, 7) is 2.67. The number of rotatable bonds is 5. The van der Waals surface area contributed by atoms with Crippen molar-refractivity contribution < 1.29 is 9.18 Å². The van der Waals surface area contributed by atoms with Gasteiger partial charge in [-0.3, -0.25) is 9.69 Å². The van der Waals surface area contributed by atoms with E-state index in [4.69, 9.17) is 0 Å². The smallest absolute Gasteiger partial charge is 0.237 e. The lowest BCUT2D eigenvalue weighted by Gasteiger charge is -2.31. The molecule has 0 unspecified atom stereocenters. The second-order valence-electron chi connectivity index (χ2n) is 7.10. The summed E-state index contributed by atoms with van der Waals surface area (Å²) in [4.78, 5) is 17.0. The Morgan fingerprint density at radius 2 is 1.80 bits per heavy atom. The van der Waals surface area contributed by atoms with Gasteiger partial charge in [0.15, 0.2) is 0 Å². The first-order valence-corrected chi connectivity index (χ1v) is 9.02. The third-order valence-electron chi connectivity index (χ3n) is 5.18. The largest absolute Gasteiger partial charge is 0.337 e. The van der Waals surface area contributed by atoms with Crippen LogP contribution in [0, 0.1) is 5.82 Å². The lowest BCUT2D eigenvalue weighted by atomic mass is 10.00. The maximum Gasteiger partial charge on any atom is 0.237 e. The van der Waals surface area contributed by atoms with Gasteiger partial charge in [0.25, 0.3) is 0 Å². The van der Waals surface area contributed by atoms with Crippen LogP contribution in [0.3, 0.4) is 0 Å². The molecule has 1 aliphatic heterocycles. The quantitative estimate of drug-likeness (QED) is 0.834. The van der Waals surface area contributed by atoms with E-state index >= 15 is 0 Å². The Bertz CT molecular complexity index is 755. The van der Waals surface area contributed by atoms with Crippen LogP contribution < -0.4 is 0 Å². The summed E-state index contributed by atoms with van der Waals surface area (Å²) < 4.78 is 13.1. The lowest BCUT2D eigenvalue weighted by molar-refractivity contribution is -0.133. The molecule has 1 amide bonds. The first-order chi connectivity index (χ1) is 12.2. The predicted octanol–water partition coefficient (Wildman–Crippen LogP) is 3.38. The Kier molecular flexibility index (Phi) is 4.53. The SMILES string of the molecule is O=C(CN(Cc1ccc(F)cc1)C1CC1)N1CCc2ccccc2C1. The number of halogens is 1. The van der Waals surface area contributed by atoms with Gasteiger partial charge < -0.3 is 4.90 Å². The molecule has 25 heavy (non-hydrogen) atoms. The van der Waals surface area contributed by atoms with E-state index in [0.717, 1.165) is 31.4 Å². The first kappa shape index (κ1) is 16.3. The molecule has 3 nitrogen and oxygen atoms in total. The third kappa shape index (κ3) is 3.90. The van der Waals surface area contributed by atoms with E-state index < -0.39 is 0 Å². The molecule has 130 valence electrons.